The number of benzene rings is 1. The number of fused-ring (bicyclic) bond motifs is 7. The molecule has 1 aromatic carbocycles. The lowest BCUT2D eigenvalue weighted by molar-refractivity contribution is -0.185. The minimum atomic E-state index is -0.584. The quantitative estimate of drug-likeness (QED) is 0.325. The minimum absolute atomic E-state index is 0.0393. The van der Waals surface area contributed by atoms with Crippen LogP contribution in [-0.2, 0) is 25.8 Å². The van der Waals surface area contributed by atoms with Crippen molar-refractivity contribution in [3.05, 3.63) is 41.5 Å². The first-order valence-electron chi connectivity index (χ1n) is 17.5. The molecule has 5 aliphatic rings. The maximum atomic E-state index is 14.5. The summed E-state index contributed by atoms with van der Waals surface area (Å²) in [7, 11) is 0. The average molecular weight is 617 g/mol. The number of nitrogens with one attached hydrogen (secondary N) is 2. The predicted molar refractivity (Wildman–Crippen MR) is 178 cm³/mol. The van der Waals surface area contributed by atoms with Crippen molar-refractivity contribution in [2.45, 2.75) is 126 Å². The average Bonchev–Trinajstić information content (AvgIpc) is 2.94. The Morgan fingerprint density at radius 2 is 1.67 bits per heavy atom. The summed E-state index contributed by atoms with van der Waals surface area (Å²) in [4.78, 5) is 45.5. The molecule has 5 aliphatic carbocycles. The van der Waals surface area contributed by atoms with Gasteiger partial charge in [-0.1, -0.05) is 72.6 Å². The molecular formula is C39H56N2O4. The van der Waals surface area contributed by atoms with Gasteiger partial charge < -0.3 is 5.32 Å². The van der Waals surface area contributed by atoms with E-state index in [1.807, 2.05) is 24.3 Å². The molecule has 0 aromatic heterocycles. The van der Waals surface area contributed by atoms with Gasteiger partial charge in [0.1, 0.15) is 0 Å². The number of hydroxylamine groups is 1. The summed E-state index contributed by atoms with van der Waals surface area (Å²) in [5, 5.41) is 2.79. The molecule has 246 valence electrons. The topological polar surface area (TPSA) is 84.5 Å². The summed E-state index contributed by atoms with van der Waals surface area (Å²) >= 11 is 0. The lowest BCUT2D eigenvalue weighted by Crippen LogP contribution is -2.65. The first-order chi connectivity index (χ1) is 21.0. The van der Waals surface area contributed by atoms with Gasteiger partial charge >= 0.3 is 0 Å². The van der Waals surface area contributed by atoms with Gasteiger partial charge in [0.15, 0.2) is 5.78 Å². The molecule has 2 N–H and O–H groups in total. The number of anilines is 1. The molecule has 1 unspecified atom stereocenters. The molecule has 6 nitrogen and oxygen atoms in total. The van der Waals surface area contributed by atoms with Crippen molar-refractivity contribution in [1.82, 2.24) is 5.48 Å². The van der Waals surface area contributed by atoms with Crippen molar-refractivity contribution in [2.75, 3.05) is 5.32 Å². The standard InChI is InChI=1S/C39H56N2O4/c1-25(42)40-27-12-9-11-26(21-27)24-45-41-33(44)36(5)18-17-35(4)19-20-38(7)28(29(35)23-36)22-30(43)32-37(6)15-10-14-34(2,3)31(37)13-16-39(32,38)8/h9,11-12,21-22,29,31-32H,10,13-20,23-24H2,1-8H3,(H,40,42)(H,41,44)/t29-,31?,32+,35+,36-,37-,38+,39+/m0/s1. The van der Waals surface area contributed by atoms with Crippen LogP contribution in [-0.4, -0.2) is 17.6 Å². The van der Waals surface area contributed by atoms with E-state index in [-0.39, 0.29) is 57.3 Å². The van der Waals surface area contributed by atoms with E-state index in [2.05, 4.69) is 65.3 Å². The Morgan fingerprint density at radius 1 is 0.933 bits per heavy atom. The van der Waals surface area contributed by atoms with Crippen LogP contribution in [0.3, 0.4) is 0 Å². The predicted octanol–water partition coefficient (Wildman–Crippen LogP) is 8.56. The van der Waals surface area contributed by atoms with Crippen molar-refractivity contribution < 1.29 is 19.2 Å². The third-order valence-corrected chi connectivity index (χ3v) is 14.5. The highest BCUT2D eigenvalue weighted by Crippen LogP contribution is 2.75. The Morgan fingerprint density at radius 3 is 2.40 bits per heavy atom. The fourth-order valence-electron chi connectivity index (χ4n) is 11.7. The van der Waals surface area contributed by atoms with Crippen LogP contribution in [0.5, 0.6) is 0 Å². The van der Waals surface area contributed by atoms with Crippen LogP contribution >= 0.6 is 0 Å². The molecular weight excluding hydrogens is 560 g/mol. The first kappa shape index (κ1) is 32.5. The van der Waals surface area contributed by atoms with Crippen LogP contribution < -0.4 is 10.8 Å². The van der Waals surface area contributed by atoms with Crippen LogP contribution in [0.4, 0.5) is 5.69 Å². The monoisotopic (exact) mass is 616 g/mol. The van der Waals surface area contributed by atoms with Crippen LogP contribution in [0.1, 0.15) is 125 Å². The van der Waals surface area contributed by atoms with E-state index < -0.39 is 5.41 Å². The van der Waals surface area contributed by atoms with Crippen LogP contribution in [0.25, 0.3) is 0 Å². The van der Waals surface area contributed by atoms with Crippen molar-refractivity contribution in [3.8, 4) is 0 Å². The largest absolute Gasteiger partial charge is 0.326 e. The maximum absolute atomic E-state index is 14.5. The lowest BCUT2D eigenvalue weighted by Gasteiger charge is -2.70. The number of hydrogen-bond acceptors (Lipinski definition) is 4. The molecule has 6 heteroatoms. The molecule has 8 atom stereocenters. The fraction of sp³-hybridized carbons (Fsp3) is 0.718. The highest BCUT2D eigenvalue weighted by molar-refractivity contribution is 5.96. The molecule has 0 aliphatic heterocycles. The molecule has 2 amide bonds. The highest BCUT2D eigenvalue weighted by atomic mass is 16.6. The van der Waals surface area contributed by atoms with Gasteiger partial charge in [0.2, 0.25) is 11.8 Å². The van der Waals surface area contributed by atoms with E-state index in [4.69, 9.17) is 4.84 Å². The Bertz CT molecular complexity index is 1430. The van der Waals surface area contributed by atoms with Crippen LogP contribution in [0.2, 0.25) is 0 Å². The van der Waals surface area contributed by atoms with E-state index in [0.717, 1.165) is 50.5 Å². The Balaban J connectivity index is 1.24. The summed E-state index contributed by atoms with van der Waals surface area (Å²) in [5.41, 5.74) is 5.40. The van der Waals surface area contributed by atoms with Crippen molar-refractivity contribution >= 4 is 23.3 Å². The highest BCUT2D eigenvalue weighted by Gasteiger charge is 2.69. The third kappa shape index (κ3) is 5.03. The molecule has 45 heavy (non-hydrogen) atoms. The zero-order chi connectivity index (χ0) is 32.6. The molecule has 0 bridgehead atoms. The number of hydrogen-bond donors (Lipinski definition) is 2. The second-order valence-electron chi connectivity index (χ2n) is 17.7. The van der Waals surface area contributed by atoms with Gasteiger partial charge in [0.25, 0.3) is 0 Å². The normalized spacial score (nSPS) is 41.8. The molecule has 4 fully saturated rings. The summed E-state index contributed by atoms with van der Waals surface area (Å²) in [6.07, 6.45) is 12.8. The number of carbonyl (C=O) groups is 3. The number of amides is 2. The minimum Gasteiger partial charge on any atom is -0.326 e. The second kappa shape index (κ2) is 10.8. The van der Waals surface area contributed by atoms with Gasteiger partial charge in [-0.25, -0.2) is 5.48 Å². The fourth-order valence-corrected chi connectivity index (χ4v) is 11.7. The van der Waals surface area contributed by atoms with Crippen LogP contribution in [0, 0.1) is 50.2 Å². The third-order valence-electron chi connectivity index (χ3n) is 14.5. The van der Waals surface area contributed by atoms with Crippen molar-refractivity contribution in [2.24, 2.45) is 50.2 Å². The molecule has 1 aromatic rings. The first-order valence-corrected chi connectivity index (χ1v) is 17.5. The smallest absolute Gasteiger partial charge is 0.249 e. The second-order valence-corrected chi connectivity index (χ2v) is 17.7. The van der Waals surface area contributed by atoms with Gasteiger partial charge in [0.05, 0.1) is 6.61 Å². The maximum Gasteiger partial charge on any atom is 0.249 e. The van der Waals surface area contributed by atoms with Gasteiger partial charge in [-0.05, 0) is 120 Å². The number of allylic oxidation sites excluding steroid dienone is 2. The number of ketones is 1. The van der Waals surface area contributed by atoms with Gasteiger partial charge in [-0.2, -0.15) is 0 Å². The van der Waals surface area contributed by atoms with E-state index in [0.29, 0.717) is 17.4 Å². The summed E-state index contributed by atoms with van der Waals surface area (Å²) in [6.45, 7) is 18.5. The molecule has 4 saturated carbocycles. The summed E-state index contributed by atoms with van der Waals surface area (Å²) in [6, 6.07) is 7.46. The number of rotatable bonds is 5. The van der Waals surface area contributed by atoms with Gasteiger partial charge in [0, 0.05) is 23.9 Å². The van der Waals surface area contributed by atoms with E-state index in [1.165, 1.54) is 31.8 Å². The molecule has 6 rings (SSSR count). The zero-order valence-corrected chi connectivity index (χ0v) is 29.0. The Hall–Kier alpha value is -2.47. The zero-order valence-electron chi connectivity index (χ0n) is 29.0. The lowest BCUT2D eigenvalue weighted by atomic mass is 9.33. The molecule has 0 heterocycles. The molecule has 0 radical (unpaired) electrons. The molecule has 0 spiro atoms. The SMILES string of the molecule is CC(=O)Nc1cccc(CONC(=O)[C@@]2(C)CC[C@]3(C)CC[C@]4(C)C(=CC(=O)[C@@H]5[C@@]6(C)CCCC(C)(C)C6CC[C@]54C)[C@@H]3C2)c1. The summed E-state index contributed by atoms with van der Waals surface area (Å²) in [5.74, 6) is 1.00. The molecule has 0 saturated heterocycles. The Kier molecular flexibility index (Phi) is 7.78. The van der Waals surface area contributed by atoms with Crippen molar-refractivity contribution in [1.29, 1.82) is 0 Å². The van der Waals surface area contributed by atoms with Crippen molar-refractivity contribution in [3.63, 3.8) is 0 Å². The van der Waals surface area contributed by atoms with Crippen LogP contribution in [0.15, 0.2) is 35.9 Å². The van der Waals surface area contributed by atoms with Gasteiger partial charge in [-0.3, -0.25) is 19.2 Å². The van der Waals surface area contributed by atoms with E-state index in [1.54, 1.807) is 0 Å². The Labute approximate surface area is 270 Å². The van der Waals surface area contributed by atoms with Gasteiger partial charge in [-0.15, -0.1) is 0 Å². The van der Waals surface area contributed by atoms with E-state index >= 15 is 0 Å². The number of carbonyl (C=O) groups excluding carboxylic acids is 3. The van der Waals surface area contributed by atoms with E-state index in [9.17, 15) is 14.4 Å². The summed E-state index contributed by atoms with van der Waals surface area (Å²) < 4.78 is 0.